The Morgan fingerprint density at radius 2 is 1.55 bits per heavy atom. The molecule has 4 aromatic rings. The summed E-state index contributed by atoms with van der Waals surface area (Å²) in [5.74, 6) is -3.76. The lowest BCUT2D eigenvalue weighted by atomic mass is 9.85. The summed E-state index contributed by atoms with van der Waals surface area (Å²) in [4.78, 5) is 25.3. The van der Waals surface area contributed by atoms with Crippen molar-refractivity contribution in [2.45, 2.75) is 12.3 Å². The molecule has 1 aromatic heterocycles. The lowest BCUT2D eigenvalue weighted by molar-refractivity contribution is -0.135. The van der Waals surface area contributed by atoms with Crippen LogP contribution in [0.2, 0.25) is 0 Å². The minimum Gasteiger partial charge on any atom is -0.508 e. The summed E-state index contributed by atoms with van der Waals surface area (Å²) in [6.45, 7) is 0. The number of ether oxygens (including phenoxy) is 1. The number of rotatable bonds is 2. The van der Waals surface area contributed by atoms with E-state index in [9.17, 15) is 35.1 Å². The predicted octanol–water partition coefficient (Wildman–Crippen LogP) is 3.43. The number of carbonyl (C=O) groups is 1. The number of benzene rings is 3. The normalized spacial score (nSPS) is 15.3. The highest BCUT2D eigenvalue weighted by molar-refractivity contribution is 5.94. The van der Waals surface area contributed by atoms with Crippen molar-refractivity contribution in [2.24, 2.45) is 0 Å². The second kappa shape index (κ2) is 7.20. The van der Waals surface area contributed by atoms with E-state index in [2.05, 4.69) is 0 Å². The van der Waals surface area contributed by atoms with Crippen LogP contribution >= 0.6 is 0 Å². The molecule has 5 rings (SSSR count). The Labute approximate surface area is 185 Å². The summed E-state index contributed by atoms with van der Waals surface area (Å²) < 4.78 is 11.2. The minimum absolute atomic E-state index is 0.0114. The zero-order chi connectivity index (χ0) is 23.4. The third-order valence-corrected chi connectivity index (χ3v) is 5.60. The molecule has 0 unspecified atom stereocenters. The first-order valence-corrected chi connectivity index (χ1v) is 9.82. The smallest absolute Gasteiger partial charge is 0.312 e. The van der Waals surface area contributed by atoms with Crippen molar-refractivity contribution in [1.82, 2.24) is 0 Å². The molecular weight excluding hydrogens is 432 g/mol. The van der Waals surface area contributed by atoms with E-state index in [4.69, 9.17) is 9.15 Å². The predicted molar refractivity (Wildman–Crippen MR) is 115 cm³/mol. The fourth-order valence-electron chi connectivity index (χ4n) is 4.03. The maximum Gasteiger partial charge on any atom is 0.312 e. The molecule has 1 aliphatic rings. The Kier molecular flexibility index (Phi) is 4.42. The van der Waals surface area contributed by atoms with Crippen LogP contribution in [-0.4, -0.2) is 31.5 Å². The van der Waals surface area contributed by atoms with Crippen molar-refractivity contribution in [3.63, 3.8) is 0 Å². The van der Waals surface area contributed by atoms with Gasteiger partial charge in [0.05, 0.1) is 6.42 Å². The van der Waals surface area contributed by atoms with Crippen molar-refractivity contribution in [1.29, 1.82) is 0 Å². The molecule has 0 bridgehead atoms. The summed E-state index contributed by atoms with van der Waals surface area (Å²) in [6.07, 6.45) is -0.0996. The van der Waals surface area contributed by atoms with Gasteiger partial charge in [-0.3, -0.25) is 9.59 Å². The van der Waals surface area contributed by atoms with Gasteiger partial charge in [0.15, 0.2) is 17.3 Å². The van der Waals surface area contributed by atoms with Crippen LogP contribution in [0.1, 0.15) is 23.5 Å². The molecule has 0 aliphatic carbocycles. The summed E-state index contributed by atoms with van der Waals surface area (Å²) >= 11 is 0. The number of esters is 1. The van der Waals surface area contributed by atoms with Crippen LogP contribution in [0.3, 0.4) is 0 Å². The lowest BCUT2D eigenvalue weighted by Crippen LogP contribution is -2.22. The fraction of sp³-hybridized carbons (Fsp3) is 0.0833. The molecule has 9 heteroatoms. The molecule has 0 amide bonds. The summed E-state index contributed by atoms with van der Waals surface area (Å²) in [7, 11) is 0. The van der Waals surface area contributed by atoms with E-state index in [1.807, 2.05) is 0 Å². The number of fused-ring (bicyclic) bond motifs is 3. The first kappa shape index (κ1) is 20.3. The van der Waals surface area contributed by atoms with Gasteiger partial charge < -0.3 is 34.7 Å². The number of phenolic OH excluding ortho intramolecular Hbond substituents is 4. The maximum atomic E-state index is 13.0. The zero-order valence-electron chi connectivity index (χ0n) is 16.8. The summed E-state index contributed by atoms with van der Waals surface area (Å²) in [6, 6.07) is 10.8. The molecule has 166 valence electrons. The van der Waals surface area contributed by atoms with Gasteiger partial charge in [-0.15, -0.1) is 0 Å². The molecular formula is C24H16O9. The number of phenols is 4. The van der Waals surface area contributed by atoms with Gasteiger partial charge >= 0.3 is 5.97 Å². The minimum atomic E-state index is -0.930. The zero-order valence-corrected chi connectivity index (χ0v) is 16.8. The highest BCUT2D eigenvalue weighted by Crippen LogP contribution is 2.47. The first-order chi connectivity index (χ1) is 15.7. The average molecular weight is 448 g/mol. The van der Waals surface area contributed by atoms with E-state index in [1.165, 1.54) is 18.2 Å². The standard InChI is InChI=1S/C24H16O9/c25-12-4-1-10(2-5-12)13-8-18(29)32-17-9-16(28)20-21(30)22(31)23(33-24(20)19(13)17)11-3-6-14(26)15(27)7-11/h1-7,9,13,25-28,31H,8H2/t13-/m1/s1. The number of aromatic hydroxyl groups is 5. The number of hydrogen-bond acceptors (Lipinski definition) is 9. The number of carbonyl (C=O) groups excluding carboxylic acids is 1. The third-order valence-electron chi connectivity index (χ3n) is 5.60. The van der Waals surface area contributed by atoms with E-state index in [0.29, 0.717) is 11.1 Å². The monoisotopic (exact) mass is 448 g/mol. The van der Waals surface area contributed by atoms with Crippen molar-refractivity contribution in [3.8, 4) is 45.8 Å². The van der Waals surface area contributed by atoms with E-state index in [0.717, 1.165) is 18.2 Å². The molecule has 0 saturated carbocycles. The van der Waals surface area contributed by atoms with Crippen LogP contribution in [0.15, 0.2) is 57.7 Å². The molecule has 9 nitrogen and oxygen atoms in total. The highest BCUT2D eigenvalue weighted by Gasteiger charge is 2.34. The lowest BCUT2D eigenvalue weighted by Gasteiger charge is -2.26. The van der Waals surface area contributed by atoms with Gasteiger partial charge in [0.25, 0.3) is 0 Å². The second-order valence-corrected chi connectivity index (χ2v) is 7.65. The fourth-order valence-corrected chi connectivity index (χ4v) is 4.03. The Morgan fingerprint density at radius 3 is 2.24 bits per heavy atom. The van der Waals surface area contributed by atoms with Gasteiger partial charge in [0, 0.05) is 23.1 Å². The van der Waals surface area contributed by atoms with Gasteiger partial charge in [0.2, 0.25) is 11.2 Å². The Morgan fingerprint density at radius 1 is 0.818 bits per heavy atom. The van der Waals surface area contributed by atoms with Gasteiger partial charge in [-0.2, -0.15) is 0 Å². The molecule has 0 spiro atoms. The van der Waals surface area contributed by atoms with Gasteiger partial charge in [-0.1, -0.05) is 12.1 Å². The Balaban J connectivity index is 1.85. The molecule has 0 fully saturated rings. The molecule has 0 saturated heterocycles. The van der Waals surface area contributed by atoms with E-state index in [-0.39, 0.29) is 40.2 Å². The van der Waals surface area contributed by atoms with Gasteiger partial charge in [-0.25, -0.2) is 0 Å². The van der Waals surface area contributed by atoms with Crippen molar-refractivity contribution in [3.05, 3.63) is 69.9 Å². The molecule has 5 N–H and O–H groups in total. The SMILES string of the molecule is O=C1C[C@H](c2ccc(O)cc2)c2c(cc(O)c3c(=O)c(O)c(-c4ccc(O)c(O)c4)oc23)O1. The van der Waals surface area contributed by atoms with Crippen molar-refractivity contribution in [2.75, 3.05) is 0 Å². The number of hydrogen-bond donors (Lipinski definition) is 5. The molecule has 3 aromatic carbocycles. The first-order valence-electron chi connectivity index (χ1n) is 9.82. The van der Waals surface area contributed by atoms with Crippen molar-refractivity contribution < 1.29 is 39.5 Å². The van der Waals surface area contributed by atoms with Crippen LogP contribution in [0.4, 0.5) is 0 Å². The van der Waals surface area contributed by atoms with Crippen LogP contribution in [0.5, 0.6) is 34.5 Å². The summed E-state index contributed by atoms with van der Waals surface area (Å²) in [5, 5.41) is 49.8. The topological polar surface area (TPSA) is 158 Å². The van der Waals surface area contributed by atoms with Crippen LogP contribution in [0.25, 0.3) is 22.3 Å². The van der Waals surface area contributed by atoms with Crippen LogP contribution in [-0.2, 0) is 4.79 Å². The highest BCUT2D eigenvalue weighted by atomic mass is 16.5. The van der Waals surface area contributed by atoms with Crippen LogP contribution < -0.4 is 10.2 Å². The Hall–Kier alpha value is -4.66. The maximum absolute atomic E-state index is 13.0. The largest absolute Gasteiger partial charge is 0.508 e. The second-order valence-electron chi connectivity index (χ2n) is 7.65. The van der Waals surface area contributed by atoms with Gasteiger partial charge in [-0.05, 0) is 35.9 Å². The van der Waals surface area contributed by atoms with E-state index in [1.54, 1.807) is 12.1 Å². The molecule has 2 heterocycles. The van der Waals surface area contributed by atoms with E-state index < -0.39 is 40.3 Å². The molecule has 33 heavy (non-hydrogen) atoms. The quantitative estimate of drug-likeness (QED) is 0.176. The van der Waals surface area contributed by atoms with Gasteiger partial charge in [0.1, 0.15) is 28.2 Å². The van der Waals surface area contributed by atoms with E-state index >= 15 is 0 Å². The Bertz CT molecular complexity index is 1500. The average Bonchev–Trinajstić information content (AvgIpc) is 2.77. The molecule has 0 radical (unpaired) electrons. The van der Waals surface area contributed by atoms with Crippen molar-refractivity contribution >= 4 is 16.9 Å². The molecule has 1 aliphatic heterocycles. The third kappa shape index (κ3) is 3.18. The van der Waals surface area contributed by atoms with Crippen LogP contribution in [0, 0.1) is 0 Å². The summed E-state index contributed by atoms with van der Waals surface area (Å²) in [5.41, 5.74) is -0.0269. The molecule has 1 atom stereocenters.